The van der Waals surface area contributed by atoms with Crippen molar-refractivity contribution in [3.63, 3.8) is 0 Å². The summed E-state index contributed by atoms with van der Waals surface area (Å²) in [6, 6.07) is 1.44. The number of nitrogens with one attached hydrogen (secondary N) is 1. The molecule has 2 atom stereocenters. The van der Waals surface area contributed by atoms with Crippen molar-refractivity contribution in [2.24, 2.45) is 5.92 Å². The van der Waals surface area contributed by atoms with Crippen LogP contribution >= 0.6 is 0 Å². The fraction of sp³-hybridized carbons (Fsp3) is 0.941. The van der Waals surface area contributed by atoms with Gasteiger partial charge >= 0.3 is 6.09 Å². The molecule has 1 N–H and O–H groups in total. The standard InChI is InChI=1S/C17H31N3O2/c1-22-17(21)20-10-3-4-15(8-13-20)19-11-6-14(7-12-19)16-5-2-9-18-16/h14-16,18H,2-13H2,1H3. The molecule has 3 rings (SSSR count). The zero-order chi connectivity index (χ0) is 15.4. The summed E-state index contributed by atoms with van der Waals surface area (Å²) in [5.74, 6) is 0.885. The van der Waals surface area contributed by atoms with Gasteiger partial charge in [-0.05, 0) is 70.5 Å². The van der Waals surface area contributed by atoms with Gasteiger partial charge in [-0.15, -0.1) is 0 Å². The molecule has 5 nitrogen and oxygen atoms in total. The minimum Gasteiger partial charge on any atom is -0.453 e. The van der Waals surface area contributed by atoms with Crippen molar-refractivity contribution in [2.75, 3.05) is 39.8 Å². The molecule has 3 fully saturated rings. The maximum Gasteiger partial charge on any atom is 0.409 e. The Morgan fingerprint density at radius 2 is 1.82 bits per heavy atom. The summed E-state index contributed by atoms with van der Waals surface area (Å²) >= 11 is 0. The summed E-state index contributed by atoms with van der Waals surface area (Å²) in [5.41, 5.74) is 0. The largest absolute Gasteiger partial charge is 0.453 e. The van der Waals surface area contributed by atoms with Crippen molar-refractivity contribution in [2.45, 2.75) is 57.0 Å². The molecule has 126 valence electrons. The van der Waals surface area contributed by atoms with E-state index in [1.54, 1.807) is 0 Å². The molecule has 22 heavy (non-hydrogen) atoms. The van der Waals surface area contributed by atoms with Crippen LogP contribution in [0.2, 0.25) is 0 Å². The van der Waals surface area contributed by atoms with Crippen molar-refractivity contribution in [1.82, 2.24) is 15.1 Å². The highest BCUT2D eigenvalue weighted by Gasteiger charge is 2.31. The van der Waals surface area contributed by atoms with Crippen molar-refractivity contribution in [1.29, 1.82) is 0 Å². The van der Waals surface area contributed by atoms with E-state index in [0.717, 1.165) is 37.9 Å². The van der Waals surface area contributed by atoms with Crippen LogP contribution in [0.25, 0.3) is 0 Å². The third kappa shape index (κ3) is 3.74. The summed E-state index contributed by atoms with van der Waals surface area (Å²) in [5, 5.41) is 3.68. The molecule has 3 aliphatic rings. The first-order chi connectivity index (χ1) is 10.8. The highest BCUT2D eigenvalue weighted by atomic mass is 16.5. The second-order valence-electron chi connectivity index (χ2n) is 7.12. The van der Waals surface area contributed by atoms with E-state index in [1.165, 1.54) is 58.8 Å². The van der Waals surface area contributed by atoms with Crippen molar-refractivity contribution >= 4 is 6.09 Å². The quantitative estimate of drug-likeness (QED) is 0.848. The molecule has 1 amide bonds. The first-order valence-electron chi connectivity index (χ1n) is 9.08. The molecule has 0 aromatic heterocycles. The second-order valence-corrected chi connectivity index (χ2v) is 7.12. The van der Waals surface area contributed by atoms with Gasteiger partial charge in [0.2, 0.25) is 0 Å². The molecule has 0 aromatic rings. The van der Waals surface area contributed by atoms with Gasteiger partial charge in [0.05, 0.1) is 7.11 Å². The van der Waals surface area contributed by atoms with Gasteiger partial charge < -0.3 is 19.9 Å². The first kappa shape index (κ1) is 16.1. The molecule has 0 aliphatic carbocycles. The van der Waals surface area contributed by atoms with Crippen molar-refractivity contribution in [3.05, 3.63) is 0 Å². The van der Waals surface area contributed by atoms with E-state index in [2.05, 4.69) is 10.2 Å². The van der Waals surface area contributed by atoms with Crippen LogP contribution in [0.1, 0.15) is 44.9 Å². The predicted molar refractivity (Wildman–Crippen MR) is 86.9 cm³/mol. The van der Waals surface area contributed by atoms with Crippen LogP contribution in [-0.4, -0.2) is 67.8 Å². The molecule has 0 spiro atoms. The van der Waals surface area contributed by atoms with E-state index in [9.17, 15) is 4.79 Å². The Bertz CT molecular complexity index is 363. The maximum atomic E-state index is 11.7. The normalized spacial score (nSPS) is 32.0. The average molecular weight is 309 g/mol. The van der Waals surface area contributed by atoms with Crippen LogP contribution in [-0.2, 0) is 4.74 Å². The fourth-order valence-electron chi connectivity index (χ4n) is 4.56. The number of methoxy groups -OCH3 is 1. The smallest absolute Gasteiger partial charge is 0.409 e. The number of carbonyl (C=O) groups excluding carboxylic acids is 1. The number of hydrogen-bond acceptors (Lipinski definition) is 4. The second kappa shape index (κ2) is 7.64. The van der Waals surface area contributed by atoms with Crippen molar-refractivity contribution in [3.8, 4) is 0 Å². The number of hydrogen-bond donors (Lipinski definition) is 1. The van der Waals surface area contributed by atoms with Gasteiger partial charge in [-0.1, -0.05) is 0 Å². The minimum absolute atomic E-state index is 0.160. The van der Waals surface area contributed by atoms with E-state index >= 15 is 0 Å². The summed E-state index contributed by atoms with van der Waals surface area (Å²) in [4.78, 5) is 16.2. The van der Waals surface area contributed by atoms with E-state index < -0.39 is 0 Å². The zero-order valence-corrected chi connectivity index (χ0v) is 13.9. The molecule has 3 heterocycles. The number of piperidine rings is 1. The fourth-order valence-corrected chi connectivity index (χ4v) is 4.56. The van der Waals surface area contributed by atoms with Crippen LogP contribution < -0.4 is 5.32 Å². The van der Waals surface area contributed by atoms with Crippen LogP contribution in [0.4, 0.5) is 4.79 Å². The predicted octanol–water partition coefficient (Wildman–Crippen LogP) is 2.07. The molecule has 0 radical (unpaired) electrons. The van der Waals surface area contributed by atoms with Crippen molar-refractivity contribution < 1.29 is 9.53 Å². The highest BCUT2D eigenvalue weighted by molar-refractivity contribution is 5.67. The zero-order valence-electron chi connectivity index (χ0n) is 13.9. The van der Waals surface area contributed by atoms with Gasteiger partial charge in [-0.3, -0.25) is 0 Å². The summed E-state index contributed by atoms with van der Waals surface area (Å²) in [7, 11) is 1.48. The molecule has 3 aliphatic heterocycles. The highest BCUT2D eigenvalue weighted by Crippen LogP contribution is 2.28. The van der Waals surface area contributed by atoms with Gasteiger partial charge in [0.25, 0.3) is 0 Å². The number of ether oxygens (including phenoxy) is 1. The Hall–Kier alpha value is -0.810. The van der Waals surface area contributed by atoms with E-state index in [4.69, 9.17) is 4.74 Å². The number of rotatable bonds is 2. The molecular formula is C17H31N3O2. The van der Waals surface area contributed by atoms with Gasteiger partial charge in [0.15, 0.2) is 0 Å². The molecule has 0 bridgehead atoms. The third-order valence-electron chi connectivity index (χ3n) is 5.89. The summed E-state index contributed by atoms with van der Waals surface area (Å²) in [6.45, 7) is 5.40. The Morgan fingerprint density at radius 1 is 1.00 bits per heavy atom. The van der Waals surface area contributed by atoms with Crippen LogP contribution in [0, 0.1) is 5.92 Å². The summed E-state index contributed by atoms with van der Waals surface area (Å²) in [6.07, 6.45) is 8.68. The monoisotopic (exact) mass is 309 g/mol. The van der Waals surface area contributed by atoms with Gasteiger partial charge in [0.1, 0.15) is 0 Å². The lowest BCUT2D eigenvalue weighted by molar-refractivity contribution is 0.105. The lowest BCUT2D eigenvalue weighted by atomic mass is 9.87. The first-order valence-corrected chi connectivity index (χ1v) is 9.08. The Kier molecular flexibility index (Phi) is 5.58. The average Bonchev–Trinajstić information content (AvgIpc) is 2.99. The Morgan fingerprint density at radius 3 is 2.50 bits per heavy atom. The lowest BCUT2D eigenvalue weighted by Crippen LogP contribution is -2.45. The van der Waals surface area contributed by atoms with Crippen LogP contribution in [0.15, 0.2) is 0 Å². The van der Waals surface area contributed by atoms with Crippen LogP contribution in [0.5, 0.6) is 0 Å². The summed E-state index contributed by atoms with van der Waals surface area (Å²) < 4.78 is 4.86. The van der Waals surface area contributed by atoms with Crippen LogP contribution in [0.3, 0.4) is 0 Å². The number of carbonyl (C=O) groups is 1. The number of amides is 1. The molecule has 2 unspecified atom stereocenters. The molecule has 0 aromatic carbocycles. The molecule has 0 saturated carbocycles. The Balaban J connectivity index is 1.46. The van der Waals surface area contributed by atoms with Gasteiger partial charge in [-0.2, -0.15) is 0 Å². The maximum absolute atomic E-state index is 11.7. The third-order valence-corrected chi connectivity index (χ3v) is 5.89. The number of nitrogens with zero attached hydrogens (tertiary/aromatic N) is 2. The minimum atomic E-state index is -0.160. The number of likely N-dealkylation sites (tertiary alicyclic amines) is 2. The van der Waals surface area contributed by atoms with E-state index in [1.807, 2.05) is 4.90 Å². The SMILES string of the molecule is COC(=O)N1CCCC(N2CCC(C3CCCN3)CC2)CC1. The lowest BCUT2D eigenvalue weighted by Gasteiger charge is -2.39. The van der Waals surface area contributed by atoms with Gasteiger partial charge in [-0.25, -0.2) is 4.79 Å². The van der Waals surface area contributed by atoms with E-state index in [-0.39, 0.29) is 6.09 Å². The topological polar surface area (TPSA) is 44.8 Å². The molecule has 5 heteroatoms. The van der Waals surface area contributed by atoms with E-state index in [0.29, 0.717) is 6.04 Å². The van der Waals surface area contributed by atoms with Gasteiger partial charge in [0, 0.05) is 25.2 Å². The molecular weight excluding hydrogens is 278 g/mol. The Labute approximate surface area is 134 Å². The molecule has 3 saturated heterocycles.